The van der Waals surface area contributed by atoms with Gasteiger partial charge in [-0.2, -0.15) is 0 Å². The van der Waals surface area contributed by atoms with Crippen molar-refractivity contribution in [2.75, 3.05) is 6.54 Å². The molecule has 0 radical (unpaired) electrons. The standard InChI is InChI=1S/C15H19NO4/c1-15(2,10-6-4-3-5-7-10)14(20)16-9-11(17)8-12(16)13(18)19/h3-7,11-12,17H,8-9H2,1-2H3,(H,18,19)/t11-,12+/m1/s1. The minimum absolute atomic E-state index is 0.0755. The van der Waals surface area contributed by atoms with Crippen molar-refractivity contribution in [2.45, 2.75) is 37.8 Å². The number of aliphatic carboxylic acids is 1. The van der Waals surface area contributed by atoms with Gasteiger partial charge < -0.3 is 15.1 Å². The van der Waals surface area contributed by atoms with E-state index in [1.165, 1.54) is 4.90 Å². The summed E-state index contributed by atoms with van der Waals surface area (Å²) in [4.78, 5) is 25.2. The molecule has 0 saturated carbocycles. The lowest BCUT2D eigenvalue weighted by molar-refractivity contribution is -0.150. The Hall–Kier alpha value is -1.88. The van der Waals surface area contributed by atoms with E-state index < -0.39 is 23.5 Å². The lowest BCUT2D eigenvalue weighted by atomic mass is 9.83. The van der Waals surface area contributed by atoms with Gasteiger partial charge in [0.15, 0.2) is 0 Å². The monoisotopic (exact) mass is 277 g/mol. The fraction of sp³-hybridized carbons (Fsp3) is 0.467. The van der Waals surface area contributed by atoms with Gasteiger partial charge in [0.25, 0.3) is 0 Å². The van der Waals surface area contributed by atoms with Gasteiger partial charge in [0.1, 0.15) is 6.04 Å². The van der Waals surface area contributed by atoms with Crippen molar-refractivity contribution in [2.24, 2.45) is 0 Å². The zero-order valence-corrected chi connectivity index (χ0v) is 11.6. The average molecular weight is 277 g/mol. The molecule has 2 atom stereocenters. The first-order valence-electron chi connectivity index (χ1n) is 6.61. The topological polar surface area (TPSA) is 77.8 Å². The number of benzene rings is 1. The number of aliphatic hydroxyl groups is 1. The van der Waals surface area contributed by atoms with Crippen LogP contribution in [0.2, 0.25) is 0 Å². The maximum atomic E-state index is 12.7. The van der Waals surface area contributed by atoms with E-state index in [0.717, 1.165) is 5.56 Å². The number of amides is 1. The van der Waals surface area contributed by atoms with Gasteiger partial charge in [-0.15, -0.1) is 0 Å². The largest absolute Gasteiger partial charge is 0.480 e. The minimum atomic E-state index is -1.07. The quantitative estimate of drug-likeness (QED) is 0.864. The van der Waals surface area contributed by atoms with Gasteiger partial charge >= 0.3 is 5.97 Å². The summed E-state index contributed by atoms with van der Waals surface area (Å²) in [7, 11) is 0. The molecule has 108 valence electrons. The fourth-order valence-electron chi connectivity index (χ4n) is 2.61. The number of aliphatic hydroxyl groups excluding tert-OH is 1. The number of β-amino-alcohol motifs (C(OH)–C–C–N with tert-alkyl or cyclic N) is 1. The Morgan fingerprint density at radius 3 is 2.40 bits per heavy atom. The molecule has 2 rings (SSSR count). The minimum Gasteiger partial charge on any atom is -0.480 e. The molecule has 0 aliphatic carbocycles. The van der Waals surface area contributed by atoms with Crippen LogP contribution in [-0.2, 0) is 15.0 Å². The first-order chi connectivity index (χ1) is 9.34. The molecule has 0 spiro atoms. The molecule has 1 saturated heterocycles. The summed E-state index contributed by atoms with van der Waals surface area (Å²) < 4.78 is 0. The second-order valence-electron chi connectivity index (χ2n) is 5.69. The number of carboxylic acid groups (broad SMARTS) is 1. The van der Waals surface area contributed by atoms with E-state index in [0.29, 0.717) is 0 Å². The SMILES string of the molecule is CC(C)(C(=O)N1C[C@H](O)C[C@H]1C(=O)O)c1ccccc1. The second kappa shape index (κ2) is 5.25. The van der Waals surface area contributed by atoms with Crippen LogP contribution in [0.4, 0.5) is 0 Å². The molecule has 1 aliphatic rings. The molecule has 1 heterocycles. The van der Waals surface area contributed by atoms with Gasteiger partial charge in [-0.1, -0.05) is 30.3 Å². The lowest BCUT2D eigenvalue weighted by Crippen LogP contribution is -2.48. The van der Waals surface area contributed by atoms with Gasteiger partial charge in [0.05, 0.1) is 11.5 Å². The maximum Gasteiger partial charge on any atom is 0.326 e. The third-order valence-electron chi connectivity index (χ3n) is 3.86. The molecular weight excluding hydrogens is 258 g/mol. The molecule has 0 bridgehead atoms. The van der Waals surface area contributed by atoms with Crippen molar-refractivity contribution in [1.29, 1.82) is 0 Å². The summed E-state index contributed by atoms with van der Waals surface area (Å²) >= 11 is 0. The van der Waals surface area contributed by atoms with E-state index in [1.807, 2.05) is 30.3 Å². The summed E-state index contributed by atoms with van der Waals surface area (Å²) in [6, 6.07) is 8.31. The van der Waals surface area contributed by atoms with Gasteiger partial charge in [0, 0.05) is 13.0 Å². The highest BCUT2D eigenvalue weighted by Crippen LogP contribution is 2.29. The molecule has 2 N–H and O–H groups in total. The summed E-state index contributed by atoms with van der Waals surface area (Å²) in [6.45, 7) is 3.62. The predicted octanol–water partition coefficient (Wildman–Crippen LogP) is 1.01. The number of likely N-dealkylation sites (tertiary alicyclic amines) is 1. The molecule has 5 nitrogen and oxygen atoms in total. The number of rotatable bonds is 3. The molecular formula is C15H19NO4. The van der Waals surface area contributed by atoms with Crippen LogP contribution in [0.15, 0.2) is 30.3 Å². The van der Waals surface area contributed by atoms with Crippen LogP contribution in [0.5, 0.6) is 0 Å². The summed E-state index contributed by atoms with van der Waals surface area (Å²) in [5.41, 5.74) is 0.00878. The van der Waals surface area contributed by atoms with Gasteiger partial charge in [-0.05, 0) is 19.4 Å². The van der Waals surface area contributed by atoms with Crippen LogP contribution in [0.3, 0.4) is 0 Å². The molecule has 1 aromatic carbocycles. The van der Waals surface area contributed by atoms with Crippen molar-refractivity contribution in [1.82, 2.24) is 4.90 Å². The number of carbonyl (C=O) groups excluding carboxylic acids is 1. The first kappa shape index (κ1) is 14.5. The van der Waals surface area contributed by atoms with E-state index >= 15 is 0 Å². The smallest absolute Gasteiger partial charge is 0.326 e. The number of carboxylic acids is 1. The Morgan fingerprint density at radius 1 is 1.25 bits per heavy atom. The number of carbonyl (C=O) groups is 2. The zero-order chi connectivity index (χ0) is 14.9. The molecule has 0 aromatic heterocycles. The van der Waals surface area contributed by atoms with E-state index in [9.17, 15) is 19.8 Å². The van der Waals surface area contributed by atoms with Gasteiger partial charge in [-0.25, -0.2) is 4.79 Å². The van der Waals surface area contributed by atoms with Crippen LogP contribution in [0.25, 0.3) is 0 Å². The third kappa shape index (κ3) is 2.54. The Labute approximate surface area is 117 Å². The average Bonchev–Trinajstić information content (AvgIpc) is 2.81. The molecule has 0 unspecified atom stereocenters. The highest BCUT2D eigenvalue weighted by molar-refractivity contribution is 5.91. The van der Waals surface area contributed by atoms with Gasteiger partial charge in [-0.3, -0.25) is 4.79 Å². The van der Waals surface area contributed by atoms with Crippen LogP contribution >= 0.6 is 0 Å². The fourth-order valence-corrected chi connectivity index (χ4v) is 2.61. The highest BCUT2D eigenvalue weighted by atomic mass is 16.4. The highest BCUT2D eigenvalue weighted by Gasteiger charge is 2.44. The van der Waals surface area contributed by atoms with Crippen molar-refractivity contribution in [3.8, 4) is 0 Å². The van der Waals surface area contributed by atoms with Gasteiger partial charge in [0.2, 0.25) is 5.91 Å². The normalized spacial score (nSPS) is 22.9. The molecule has 1 aromatic rings. The predicted molar refractivity (Wildman–Crippen MR) is 73.2 cm³/mol. The third-order valence-corrected chi connectivity index (χ3v) is 3.86. The van der Waals surface area contributed by atoms with Crippen molar-refractivity contribution in [3.05, 3.63) is 35.9 Å². The van der Waals surface area contributed by atoms with Crippen molar-refractivity contribution >= 4 is 11.9 Å². The van der Waals surface area contributed by atoms with E-state index in [-0.39, 0.29) is 18.9 Å². The second-order valence-corrected chi connectivity index (χ2v) is 5.69. The molecule has 1 amide bonds. The van der Waals surface area contributed by atoms with Crippen LogP contribution in [-0.4, -0.2) is 45.7 Å². The van der Waals surface area contributed by atoms with Crippen LogP contribution < -0.4 is 0 Å². The molecule has 5 heteroatoms. The summed E-state index contributed by atoms with van der Waals surface area (Å²) in [6.07, 6.45) is -0.682. The lowest BCUT2D eigenvalue weighted by Gasteiger charge is -2.31. The molecule has 20 heavy (non-hydrogen) atoms. The molecule has 1 aliphatic heterocycles. The maximum absolute atomic E-state index is 12.7. The Bertz CT molecular complexity index is 512. The number of hydrogen-bond acceptors (Lipinski definition) is 3. The van der Waals surface area contributed by atoms with E-state index in [2.05, 4.69) is 0 Å². The first-order valence-corrected chi connectivity index (χ1v) is 6.61. The van der Waals surface area contributed by atoms with Crippen molar-refractivity contribution < 1.29 is 19.8 Å². The Kier molecular flexibility index (Phi) is 3.81. The number of nitrogens with zero attached hydrogens (tertiary/aromatic N) is 1. The number of hydrogen-bond donors (Lipinski definition) is 2. The van der Waals surface area contributed by atoms with E-state index in [4.69, 9.17) is 0 Å². The Morgan fingerprint density at radius 2 is 1.85 bits per heavy atom. The van der Waals surface area contributed by atoms with Crippen molar-refractivity contribution in [3.63, 3.8) is 0 Å². The van der Waals surface area contributed by atoms with Crippen LogP contribution in [0, 0.1) is 0 Å². The summed E-state index contributed by atoms with van der Waals surface area (Å²) in [5, 5.41) is 18.8. The zero-order valence-electron chi connectivity index (χ0n) is 11.6. The summed E-state index contributed by atoms with van der Waals surface area (Å²) in [5.74, 6) is -1.34. The Balaban J connectivity index is 2.28. The molecule has 1 fully saturated rings. The van der Waals surface area contributed by atoms with Crippen LogP contribution in [0.1, 0.15) is 25.8 Å². The van der Waals surface area contributed by atoms with E-state index in [1.54, 1.807) is 13.8 Å².